The highest BCUT2D eigenvalue weighted by atomic mass is 19.1. The summed E-state index contributed by atoms with van der Waals surface area (Å²) in [6, 6.07) is 1.50. The lowest BCUT2D eigenvalue weighted by Gasteiger charge is -2.37. The Morgan fingerprint density at radius 2 is 1.62 bits per heavy atom. The van der Waals surface area contributed by atoms with Crippen molar-refractivity contribution in [3.8, 4) is 6.07 Å². The van der Waals surface area contributed by atoms with Crippen LogP contribution in [0, 0.1) is 35.0 Å². The Labute approximate surface area is 128 Å². The molecular formula is C19H28FN. The predicted molar refractivity (Wildman–Crippen MR) is 85.1 cm³/mol. The predicted octanol–water partition coefficient (Wildman–Crippen LogP) is 5.94. The van der Waals surface area contributed by atoms with Gasteiger partial charge in [0, 0.05) is 0 Å². The first-order valence-electron chi connectivity index (χ1n) is 8.67. The van der Waals surface area contributed by atoms with Crippen molar-refractivity contribution in [2.75, 3.05) is 0 Å². The van der Waals surface area contributed by atoms with Crippen LogP contribution in [0.5, 0.6) is 0 Å². The molecule has 2 fully saturated rings. The van der Waals surface area contributed by atoms with Crippen LogP contribution < -0.4 is 0 Å². The molecule has 0 atom stereocenters. The monoisotopic (exact) mass is 289 g/mol. The first-order chi connectivity index (χ1) is 10.2. The molecule has 21 heavy (non-hydrogen) atoms. The number of hydrogen-bond acceptors (Lipinski definition) is 1. The molecule has 0 aliphatic heterocycles. The van der Waals surface area contributed by atoms with Crippen LogP contribution in [-0.4, -0.2) is 0 Å². The average Bonchev–Trinajstić information content (AvgIpc) is 2.55. The third-order valence-electron chi connectivity index (χ3n) is 5.68. The molecule has 0 spiro atoms. The summed E-state index contributed by atoms with van der Waals surface area (Å²) in [6.45, 7) is 2.33. The molecule has 0 saturated heterocycles. The molecule has 0 radical (unpaired) electrons. The van der Waals surface area contributed by atoms with Crippen LogP contribution in [0.15, 0.2) is 24.1 Å². The summed E-state index contributed by atoms with van der Waals surface area (Å²) in [4.78, 5) is 0. The van der Waals surface area contributed by atoms with Gasteiger partial charge in [-0.15, -0.1) is 0 Å². The van der Waals surface area contributed by atoms with E-state index < -0.39 is 5.83 Å². The van der Waals surface area contributed by atoms with Crippen molar-refractivity contribution in [2.24, 2.45) is 23.7 Å². The average molecular weight is 289 g/mol. The van der Waals surface area contributed by atoms with Gasteiger partial charge in [-0.3, -0.25) is 0 Å². The molecule has 2 aliphatic carbocycles. The van der Waals surface area contributed by atoms with Crippen LogP contribution in [0.25, 0.3) is 0 Å². The molecule has 0 amide bonds. The molecule has 116 valence electrons. The Bertz CT molecular complexity index is 402. The van der Waals surface area contributed by atoms with E-state index in [-0.39, 0.29) is 0 Å². The number of nitriles is 1. The molecule has 0 bridgehead atoms. The maximum atomic E-state index is 12.7. The molecule has 0 N–H and O–H groups in total. The molecule has 0 heterocycles. The van der Waals surface area contributed by atoms with E-state index in [9.17, 15) is 4.39 Å². The summed E-state index contributed by atoms with van der Waals surface area (Å²) in [5.74, 6) is 2.76. The molecule has 0 aromatic heterocycles. The molecule has 0 aromatic carbocycles. The molecular weight excluding hydrogens is 261 g/mol. The van der Waals surface area contributed by atoms with Crippen LogP contribution in [-0.2, 0) is 0 Å². The van der Waals surface area contributed by atoms with Gasteiger partial charge >= 0.3 is 0 Å². The van der Waals surface area contributed by atoms with E-state index in [1.165, 1.54) is 69.9 Å². The number of rotatable bonds is 4. The van der Waals surface area contributed by atoms with Crippen LogP contribution in [0.4, 0.5) is 4.39 Å². The number of allylic oxidation sites excluding steroid dienone is 4. The summed E-state index contributed by atoms with van der Waals surface area (Å²) >= 11 is 0. The quantitative estimate of drug-likeness (QED) is 0.464. The van der Waals surface area contributed by atoms with E-state index in [0.717, 1.165) is 17.8 Å². The first kappa shape index (κ1) is 16.3. The number of hydrogen-bond donors (Lipinski definition) is 0. The maximum Gasteiger partial charge on any atom is 0.199 e. The van der Waals surface area contributed by atoms with Crippen LogP contribution in [0.1, 0.15) is 64.7 Å². The molecule has 2 rings (SSSR count). The minimum Gasteiger partial charge on any atom is -0.195 e. The van der Waals surface area contributed by atoms with E-state index >= 15 is 0 Å². The van der Waals surface area contributed by atoms with Crippen LogP contribution >= 0.6 is 0 Å². The van der Waals surface area contributed by atoms with Gasteiger partial charge in [-0.2, -0.15) is 9.65 Å². The molecule has 0 aromatic rings. The zero-order valence-corrected chi connectivity index (χ0v) is 13.2. The summed E-state index contributed by atoms with van der Waals surface area (Å²) in [5.41, 5.74) is 0. The van der Waals surface area contributed by atoms with Crippen molar-refractivity contribution in [3.05, 3.63) is 24.1 Å². The Morgan fingerprint density at radius 3 is 2.14 bits per heavy atom. The van der Waals surface area contributed by atoms with Crippen molar-refractivity contribution in [1.82, 2.24) is 0 Å². The van der Waals surface area contributed by atoms with E-state index in [4.69, 9.17) is 5.26 Å². The van der Waals surface area contributed by atoms with Gasteiger partial charge in [-0.25, -0.2) is 0 Å². The molecule has 2 aliphatic rings. The van der Waals surface area contributed by atoms with E-state index in [1.807, 2.05) is 0 Å². The molecule has 1 nitrogen and oxygen atoms in total. The Morgan fingerprint density at radius 1 is 1.05 bits per heavy atom. The zero-order valence-electron chi connectivity index (χ0n) is 13.2. The number of halogens is 1. The largest absolute Gasteiger partial charge is 0.199 e. The molecule has 2 heteroatoms. The van der Waals surface area contributed by atoms with Crippen molar-refractivity contribution in [3.63, 3.8) is 0 Å². The summed E-state index contributed by atoms with van der Waals surface area (Å²) < 4.78 is 12.7. The van der Waals surface area contributed by atoms with Crippen molar-refractivity contribution >= 4 is 0 Å². The second kappa shape index (κ2) is 8.37. The van der Waals surface area contributed by atoms with E-state index in [1.54, 1.807) is 6.08 Å². The third kappa shape index (κ3) is 4.99. The second-order valence-corrected chi connectivity index (χ2v) is 6.88. The lowest BCUT2D eigenvalue weighted by atomic mass is 9.69. The van der Waals surface area contributed by atoms with Crippen molar-refractivity contribution in [1.29, 1.82) is 5.26 Å². The first-order valence-corrected chi connectivity index (χ1v) is 8.67. The lowest BCUT2D eigenvalue weighted by molar-refractivity contribution is 0.154. The Kier molecular flexibility index (Phi) is 6.49. The lowest BCUT2D eigenvalue weighted by Crippen LogP contribution is -2.25. The van der Waals surface area contributed by atoms with Crippen molar-refractivity contribution in [2.45, 2.75) is 64.7 Å². The fourth-order valence-electron chi connectivity index (χ4n) is 4.21. The van der Waals surface area contributed by atoms with Crippen LogP contribution in [0.2, 0.25) is 0 Å². The minimum absolute atomic E-state index is 0.580. The fraction of sp³-hybridized carbons (Fsp3) is 0.737. The maximum absolute atomic E-state index is 12.7. The zero-order chi connectivity index (χ0) is 15.1. The number of nitrogens with zero attached hydrogens (tertiary/aromatic N) is 1. The normalized spacial score (nSPS) is 34.8. The van der Waals surface area contributed by atoms with Gasteiger partial charge in [-0.1, -0.05) is 38.3 Å². The van der Waals surface area contributed by atoms with Gasteiger partial charge in [0.25, 0.3) is 0 Å². The van der Waals surface area contributed by atoms with Gasteiger partial charge in [0.1, 0.15) is 6.07 Å². The SMILES string of the molecule is CC[C@H]1CC[C@H]([C@H]2CC[C@H](C=CC=C(F)C#N)CC2)CC1. The third-order valence-corrected chi connectivity index (χ3v) is 5.68. The molecule has 2 saturated carbocycles. The standard InChI is InChI=1S/C19H28FN/c1-2-15-6-10-17(11-7-15)18-12-8-16(9-13-18)4-3-5-19(20)14-21/h3-5,15-18H,2,6-13H2,1H3/t15-,16-,17-,18-. The second-order valence-electron chi connectivity index (χ2n) is 6.88. The summed E-state index contributed by atoms with van der Waals surface area (Å²) in [6.07, 6.45) is 17.3. The van der Waals surface area contributed by atoms with Crippen molar-refractivity contribution < 1.29 is 4.39 Å². The van der Waals surface area contributed by atoms with Gasteiger partial charge < -0.3 is 0 Å². The highest BCUT2D eigenvalue weighted by Crippen LogP contribution is 2.42. The van der Waals surface area contributed by atoms with Gasteiger partial charge in [0.15, 0.2) is 5.83 Å². The summed E-state index contributed by atoms with van der Waals surface area (Å²) in [5, 5.41) is 8.36. The van der Waals surface area contributed by atoms with Crippen LogP contribution in [0.3, 0.4) is 0 Å². The Balaban J connectivity index is 1.72. The highest BCUT2D eigenvalue weighted by molar-refractivity contribution is 5.19. The van der Waals surface area contributed by atoms with Gasteiger partial charge in [0.05, 0.1) is 0 Å². The van der Waals surface area contributed by atoms with E-state index in [2.05, 4.69) is 13.0 Å². The van der Waals surface area contributed by atoms with E-state index in [0.29, 0.717) is 5.92 Å². The van der Waals surface area contributed by atoms with Gasteiger partial charge in [-0.05, 0) is 68.3 Å². The summed E-state index contributed by atoms with van der Waals surface area (Å²) in [7, 11) is 0. The fourth-order valence-corrected chi connectivity index (χ4v) is 4.21. The Hall–Kier alpha value is -1.10. The smallest absolute Gasteiger partial charge is 0.195 e. The van der Waals surface area contributed by atoms with Gasteiger partial charge in [0.2, 0.25) is 0 Å². The topological polar surface area (TPSA) is 23.8 Å². The minimum atomic E-state index is -0.701. The highest BCUT2D eigenvalue weighted by Gasteiger charge is 2.29. The molecule has 0 unspecified atom stereocenters.